The van der Waals surface area contributed by atoms with Gasteiger partial charge in [-0.05, 0) is 31.2 Å². The quantitative estimate of drug-likeness (QED) is 0.686. The zero-order valence-corrected chi connectivity index (χ0v) is 10.7. The van der Waals surface area contributed by atoms with Gasteiger partial charge in [-0.2, -0.15) is 0 Å². The van der Waals surface area contributed by atoms with Crippen molar-refractivity contribution in [1.29, 1.82) is 0 Å². The van der Waals surface area contributed by atoms with Gasteiger partial charge in [-0.3, -0.25) is 10.1 Å². The summed E-state index contributed by atoms with van der Waals surface area (Å²) >= 11 is 0. The van der Waals surface area contributed by atoms with Crippen LogP contribution in [0.1, 0.15) is 16.1 Å². The van der Waals surface area contributed by atoms with E-state index in [-0.39, 0.29) is 11.6 Å². The molecule has 0 spiro atoms. The van der Waals surface area contributed by atoms with Gasteiger partial charge in [-0.25, -0.2) is 14.2 Å². The Hall–Kier alpha value is -3.03. The van der Waals surface area contributed by atoms with Crippen LogP contribution in [-0.4, -0.2) is 21.0 Å². The van der Waals surface area contributed by atoms with E-state index < -0.39 is 28.0 Å². The SMILES string of the molecule is Cc1ccc([N+](=O)[O-])c(Oc2ccc(F)cc2C(=O)O)n1. The molecular formula is C13H9FN2O5. The summed E-state index contributed by atoms with van der Waals surface area (Å²) < 4.78 is 18.3. The van der Waals surface area contributed by atoms with Gasteiger partial charge >= 0.3 is 11.7 Å². The second-order valence-corrected chi connectivity index (χ2v) is 4.08. The molecule has 1 aromatic carbocycles. The molecule has 1 heterocycles. The third-order valence-corrected chi connectivity index (χ3v) is 2.55. The number of pyridine rings is 1. The number of nitro groups is 1. The molecule has 21 heavy (non-hydrogen) atoms. The lowest BCUT2D eigenvalue weighted by atomic mass is 10.2. The van der Waals surface area contributed by atoms with Crippen molar-refractivity contribution in [3.05, 3.63) is 57.5 Å². The minimum Gasteiger partial charge on any atom is -0.478 e. The predicted octanol–water partition coefficient (Wildman–Crippen LogP) is 2.93. The largest absolute Gasteiger partial charge is 0.478 e. The highest BCUT2D eigenvalue weighted by Crippen LogP contribution is 2.31. The number of carbonyl (C=O) groups is 1. The summed E-state index contributed by atoms with van der Waals surface area (Å²) in [6.45, 7) is 1.60. The Morgan fingerprint density at radius 1 is 1.38 bits per heavy atom. The average Bonchev–Trinajstić information content (AvgIpc) is 2.40. The van der Waals surface area contributed by atoms with Crippen LogP contribution in [0.25, 0.3) is 0 Å². The van der Waals surface area contributed by atoms with Crippen LogP contribution in [0.4, 0.5) is 10.1 Å². The monoisotopic (exact) mass is 292 g/mol. The van der Waals surface area contributed by atoms with Crippen molar-refractivity contribution in [3.8, 4) is 11.6 Å². The van der Waals surface area contributed by atoms with Gasteiger partial charge in [0.1, 0.15) is 17.1 Å². The molecule has 0 atom stereocenters. The maximum atomic E-state index is 13.1. The minimum atomic E-state index is -1.42. The van der Waals surface area contributed by atoms with Crippen LogP contribution in [0.5, 0.6) is 11.6 Å². The second kappa shape index (κ2) is 5.53. The van der Waals surface area contributed by atoms with Crippen LogP contribution in [0.3, 0.4) is 0 Å². The number of aromatic nitrogens is 1. The molecular weight excluding hydrogens is 283 g/mol. The molecule has 0 amide bonds. The molecule has 0 fully saturated rings. The molecule has 1 N–H and O–H groups in total. The summed E-state index contributed by atoms with van der Waals surface area (Å²) in [4.78, 5) is 25.1. The van der Waals surface area contributed by atoms with Gasteiger partial charge in [0, 0.05) is 11.8 Å². The van der Waals surface area contributed by atoms with E-state index in [1.165, 1.54) is 12.1 Å². The molecule has 0 saturated carbocycles. The summed E-state index contributed by atoms with van der Waals surface area (Å²) in [5.41, 5.74) is -0.413. The topological polar surface area (TPSA) is 103 Å². The molecule has 0 saturated heterocycles. The maximum absolute atomic E-state index is 13.1. The molecule has 0 radical (unpaired) electrons. The van der Waals surface area contributed by atoms with Crippen LogP contribution in [-0.2, 0) is 0 Å². The van der Waals surface area contributed by atoms with Crippen LogP contribution >= 0.6 is 0 Å². The molecule has 0 aliphatic heterocycles. The van der Waals surface area contributed by atoms with Crippen molar-refractivity contribution in [2.75, 3.05) is 0 Å². The lowest BCUT2D eigenvalue weighted by molar-refractivity contribution is -0.386. The number of halogens is 1. The molecule has 1 aromatic heterocycles. The smallest absolute Gasteiger partial charge is 0.339 e. The lowest BCUT2D eigenvalue weighted by Gasteiger charge is -2.08. The minimum absolute atomic E-state index is 0.231. The van der Waals surface area contributed by atoms with Crippen molar-refractivity contribution in [3.63, 3.8) is 0 Å². The summed E-state index contributed by atoms with van der Waals surface area (Å²) in [7, 11) is 0. The Labute approximate surface area is 117 Å². The highest BCUT2D eigenvalue weighted by atomic mass is 19.1. The van der Waals surface area contributed by atoms with E-state index in [0.29, 0.717) is 5.69 Å². The van der Waals surface area contributed by atoms with Crippen LogP contribution in [0.15, 0.2) is 30.3 Å². The zero-order chi connectivity index (χ0) is 15.6. The first-order chi connectivity index (χ1) is 9.88. The first-order valence-corrected chi connectivity index (χ1v) is 5.71. The molecule has 2 aromatic rings. The normalized spacial score (nSPS) is 10.2. The van der Waals surface area contributed by atoms with E-state index in [2.05, 4.69) is 4.98 Å². The first kappa shape index (κ1) is 14.4. The molecule has 0 aliphatic carbocycles. The fourth-order valence-electron chi connectivity index (χ4n) is 1.60. The Morgan fingerprint density at radius 3 is 2.71 bits per heavy atom. The van der Waals surface area contributed by atoms with Gasteiger partial charge in [-0.15, -0.1) is 0 Å². The van der Waals surface area contributed by atoms with Crippen LogP contribution in [0, 0.1) is 22.9 Å². The number of carboxylic acids is 1. The van der Waals surface area contributed by atoms with Gasteiger partial charge in [0.2, 0.25) is 0 Å². The standard InChI is InChI=1S/C13H9FN2O5/c1-7-2-4-10(16(19)20)12(15-7)21-11-5-3-8(14)6-9(11)13(17)18/h2-6H,1H3,(H,17,18). The summed E-state index contributed by atoms with van der Waals surface area (Å²) in [5, 5.41) is 19.9. The van der Waals surface area contributed by atoms with Crippen LogP contribution < -0.4 is 4.74 Å². The van der Waals surface area contributed by atoms with Crippen molar-refractivity contribution in [1.82, 2.24) is 4.98 Å². The molecule has 108 valence electrons. The molecule has 0 unspecified atom stereocenters. The van der Waals surface area contributed by atoms with Crippen molar-refractivity contribution in [2.45, 2.75) is 6.92 Å². The summed E-state index contributed by atoms with van der Waals surface area (Å²) in [5.74, 6) is -2.76. The Balaban J connectivity index is 2.50. The van der Waals surface area contributed by atoms with Gasteiger partial charge in [0.15, 0.2) is 0 Å². The Bertz CT molecular complexity index is 732. The third kappa shape index (κ3) is 3.11. The van der Waals surface area contributed by atoms with Gasteiger partial charge < -0.3 is 9.84 Å². The zero-order valence-electron chi connectivity index (χ0n) is 10.7. The van der Waals surface area contributed by atoms with E-state index in [1.807, 2.05) is 0 Å². The highest BCUT2D eigenvalue weighted by Gasteiger charge is 2.21. The number of nitrogens with zero attached hydrogens (tertiary/aromatic N) is 2. The highest BCUT2D eigenvalue weighted by molar-refractivity contribution is 5.91. The van der Waals surface area contributed by atoms with Crippen molar-refractivity contribution < 1.29 is 24.0 Å². The summed E-state index contributed by atoms with van der Waals surface area (Å²) in [6, 6.07) is 5.45. The molecule has 8 heteroatoms. The fraction of sp³-hybridized carbons (Fsp3) is 0.0769. The number of aryl methyl sites for hydroxylation is 1. The van der Waals surface area contributed by atoms with E-state index in [9.17, 15) is 19.3 Å². The third-order valence-electron chi connectivity index (χ3n) is 2.55. The number of aromatic carboxylic acids is 1. The first-order valence-electron chi connectivity index (χ1n) is 5.71. The van der Waals surface area contributed by atoms with Gasteiger partial charge in [-0.1, -0.05) is 0 Å². The van der Waals surface area contributed by atoms with E-state index in [1.54, 1.807) is 6.92 Å². The Morgan fingerprint density at radius 2 is 2.10 bits per heavy atom. The Kier molecular flexibility index (Phi) is 3.79. The van der Waals surface area contributed by atoms with E-state index >= 15 is 0 Å². The number of hydrogen-bond acceptors (Lipinski definition) is 5. The summed E-state index contributed by atoms with van der Waals surface area (Å²) in [6.07, 6.45) is 0. The second-order valence-electron chi connectivity index (χ2n) is 4.08. The molecule has 2 rings (SSSR count). The number of hydrogen-bond donors (Lipinski definition) is 1. The van der Waals surface area contributed by atoms with E-state index in [0.717, 1.165) is 18.2 Å². The lowest BCUT2D eigenvalue weighted by Crippen LogP contribution is -2.03. The van der Waals surface area contributed by atoms with Crippen molar-refractivity contribution in [2.24, 2.45) is 0 Å². The number of rotatable bonds is 4. The van der Waals surface area contributed by atoms with Gasteiger partial charge in [0.25, 0.3) is 5.88 Å². The van der Waals surface area contributed by atoms with Gasteiger partial charge in [0.05, 0.1) is 4.92 Å². The van der Waals surface area contributed by atoms with Crippen LogP contribution in [0.2, 0.25) is 0 Å². The average molecular weight is 292 g/mol. The molecule has 0 aliphatic rings. The molecule has 0 bridgehead atoms. The molecule has 7 nitrogen and oxygen atoms in total. The number of ether oxygens (including phenoxy) is 1. The fourth-order valence-corrected chi connectivity index (χ4v) is 1.60. The number of carboxylic acid groups (broad SMARTS) is 1. The predicted molar refractivity (Wildman–Crippen MR) is 69.1 cm³/mol. The number of benzene rings is 1. The maximum Gasteiger partial charge on any atom is 0.339 e. The van der Waals surface area contributed by atoms with Crippen molar-refractivity contribution >= 4 is 11.7 Å². The van der Waals surface area contributed by atoms with E-state index in [4.69, 9.17) is 9.84 Å².